The second-order valence-electron chi connectivity index (χ2n) is 10.2. The van der Waals surface area contributed by atoms with Gasteiger partial charge in [-0.3, -0.25) is 4.79 Å². The minimum atomic E-state index is -1.06. The first-order valence-electron chi connectivity index (χ1n) is 11.0. The Labute approximate surface area is 189 Å². The molecular weight excluding hydrogens is 410 g/mol. The zero-order valence-corrected chi connectivity index (χ0v) is 19.8. The SMILES string of the molecule is CC(C)C[C@@H](C(=O)N[C@H](c1nc(-c2ccccc2)no1)C(C)(C)C)[C@@H]1OC(C)(C)OC1=O. The predicted octanol–water partition coefficient (Wildman–Crippen LogP) is 4.28. The Hall–Kier alpha value is -2.74. The zero-order valence-electron chi connectivity index (χ0n) is 19.8. The van der Waals surface area contributed by atoms with E-state index in [1.54, 1.807) is 13.8 Å². The van der Waals surface area contributed by atoms with Gasteiger partial charge in [0.15, 0.2) is 6.10 Å². The summed E-state index contributed by atoms with van der Waals surface area (Å²) in [5, 5.41) is 7.14. The zero-order chi connectivity index (χ0) is 23.7. The number of amides is 1. The molecule has 1 N–H and O–H groups in total. The first kappa shape index (κ1) is 23.9. The van der Waals surface area contributed by atoms with Crippen LogP contribution in [0.4, 0.5) is 0 Å². The number of nitrogens with one attached hydrogen (secondary N) is 1. The summed E-state index contributed by atoms with van der Waals surface area (Å²) in [5.74, 6) is -1.66. The maximum atomic E-state index is 13.4. The first-order valence-corrected chi connectivity index (χ1v) is 11.0. The number of benzene rings is 1. The van der Waals surface area contributed by atoms with Gasteiger partial charge in [0.1, 0.15) is 6.04 Å². The fourth-order valence-electron chi connectivity index (χ4n) is 3.76. The Bertz CT molecular complexity index is 946. The van der Waals surface area contributed by atoms with Crippen LogP contribution >= 0.6 is 0 Å². The van der Waals surface area contributed by atoms with Crippen molar-refractivity contribution in [1.29, 1.82) is 0 Å². The molecule has 32 heavy (non-hydrogen) atoms. The lowest BCUT2D eigenvalue weighted by molar-refractivity contribution is -0.162. The van der Waals surface area contributed by atoms with Crippen molar-refractivity contribution in [2.45, 2.75) is 72.8 Å². The molecule has 1 aliphatic heterocycles. The molecule has 0 spiro atoms. The Kier molecular flexibility index (Phi) is 6.74. The molecule has 8 nitrogen and oxygen atoms in total. The van der Waals surface area contributed by atoms with E-state index in [0.29, 0.717) is 18.1 Å². The van der Waals surface area contributed by atoms with Crippen LogP contribution in [0, 0.1) is 17.3 Å². The Morgan fingerprint density at radius 2 is 1.84 bits per heavy atom. The molecule has 1 aromatic carbocycles. The van der Waals surface area contributed by atoms with Gasteiger partial charge in [-0.1, -0.05) is 70.1 Å². The van der Waals surface area contributed by atoms with Crippen LogP contribution in [0.5, 0.6) is 0 Å². The third kappa shape index (κ3) is 5.54. The van der Waals surface area contributed by atoms with E-state index in [0.717, 1.165) is 5.56 Å². The first-order chi connectivity index (χ1) is 14.9. The molecule has 1 aliphatic rings. The van der Waals surface area contributed by atoms with Gasteiger partial charge in [-0.25, -0.2) is 4.79 Å². The number of carbonyl (C=O) groups excluding carboxylic acids is 2. The van der Waals surface area contributed by atoms with Crippen LogP contribution in [0.2, 0.25) is 0 Å². The number of hydrogen-bond acceptors (Lipinski definition) is 7. The number of carbonyl (C=O) groups is 2. The van der Waals surface area contributed by atoms with Crippen molar-refractivity contribution in [2.24, 2.45) is 17.3 Å². The van der Waals surface area contributed by atoms with Crippen molar-refractivity contribution in [3.63, 3.8) is 0 Å². The summed E-state index contributed by atoms with van der Waals surface area (Å²) in [7, 11) is 0. The lowest BCUT2D eigenvalue weighted by Crippen LogP contribution is -2.45. The number of nitrogens with zero attached hydrogens (tertiary/aromatic N) is 2. The molecule has 2 heterocycles. The molecule has 2 aromatic rings. The third-order valence-electron chi connectivity index (χ3n) is 5.29. The van der Waals surface area contributed by atoms with Crippen LogP contribution in [0.3, 0.4) is 0 Å². The summed E-state index contributed by atoms with van der Waals surface area (Å²) in [6.07, 6.45) is -0.493. The number of ether oxygens (including phenoxy) is 2. The van der Waals surface area contributed by atoms with Crippen LogP contribution in [0.1, 0.15) is 66.8 Å². The maximum Gasteiger partial charge on any atom is 0.338 e. The highest BCUT2D eigenvalue weighted by Crippen LogP contribution is 2.35. The highest BCUT2D eigenvalue weighted by Gasteiger charge is 2.48. The number of hydrogen-bond donors (Lipinski definition) is 1. The van der Waals surface area contributed by atoms with Crippen molar-refractivity contribution in [3.05, 3.63) is 36.2 Å². The lowest BCUT2D eigenvalue weighted by Gasteiger charge is -2.31. The van der Waals surface area contributed by atoms with E-state index < -0.39 is 35.2 Å². The number of rotatable bonds is 7. The Morgan fingerprint density at radius 3 is 2.38 bits per heavy atom. The standard InChI is InChI=1S/C24H33N3O5/c1-14(2)13-16(17-22(29)31-24(6,7)30-17)20(28)25-18(23(3,4)5)21-26-19(27-32-21)15-11-9-8-10-12-15/h8-12,14,16-18H,13H2,1-7H3,(H,25,28)/t16-,17+,18-/m1/s1. The van der Waals surface area contributed by atoms with Crippen LogP contribution in [0.25, 0.3) is 11.4 Å². The van der Waals surface area contributed by atoms with Crippen molar-refractivity contribution in [2.75, 3.05) is 0 Å². The van der Waals surface area contributed by atoms with Gasteiger partial charge in [-0.05, 0) is 17.8 Å². The van der Waals surface area contributed by atoms with E-state index in [1.165, 1.54) is 0 Å². The summed E-state index contributed by atoms with van der Waals surface area (Å²) in [4.78, 5) is 30.4. The molecule has 1 fully saturated rings. The molecule has 174 valence electrons. The minimum absolute atomic E-state index is 0.173. The predicted molar refractivity (Wildman–Crippen MR) is 118 cm³/mol. The molecule has 0 radical (unpaired) electrons. The van der Waals surface area contributed by atoms with Gasteiger partial charge in [0.05, 0.1) is 5.92 Å². The van der Waals surface area contributed by atoms with E-state index >= 15 is 0 Å². The van der Waals surface area contributed by atoms with Gasteiger partial charge in [0.2, 0.25) is 23.4 Å². The Balaban J connectivity index is 1.86. The molecule has 0 saturated carbocycles. The molecular formula is C24H33N3O5. The monoisotopic (exact) mass is 443 g/mol. The summed E-state index contributed by atoms with van der Waals surface area (Å²) in [6, 6.07) is 8.93. The fourth-order valence-corrected chi connectivity index (χ4v) is 3.76. The fraction of sp³-hybridized carbons (Fsp3) is 0.583. The second kappa shape index (κ2) is 9.02. The molecule has 1 saturated heterocycles. The average molecular weight is 444 g/mol. The third-order valence-corrected chi connectivity index (χ3v) is 5.29. The van der Waals surface area contributed by atoms with E-state index in [4.69, 9.17) is 14.0 Å². The van der Waals surface area contributed by atoms with Gasteiger partial charge >= 0.3 is 5.97 Å². The highest BCUT2D eigenvalue weighted by atomic mass is 16.8. The summed E-state index contributed by atoms with van der Waals surface area (Å²) in [6.45, 7) is 13.3. The molecule has 0 unspecified atom stereocenters. The number of aromatic nitrogens is 2. The Morgan fingerprint density at radius 1 is 1.19 bits per heavy atom. The summed E-state index contributed by atoms with van der Waals surface area (Å²) >= 11 is 0. The number of esters is 1. The second-order valence-corrected chi connectivity index (χ2v) is 10.2. The average Bonchev–Trinajstić information content (AvgIpc) is 3.27. The van der Waals surface area contributed by atoms with Crippen molar-refractivity contribution in [1.82, 2.24) is 15.5 Å². The van der Waals surface area contributed by atoms with Gasteiger partial charge in [-0.15, -0.1) is 0 Å². The molecule has 1 amide bonds. The van der Waals surface area contributed by atoms with Crippen molar-refractivity contribution < 1.29 is 23.6 Å². The van der Waals surface area contributed by atoms with Gasteiger partial charge in [0, 0.05) is 19.4 Å². The highest BCUT2D eigenvalue weighted by molar-refractivity contribution is 5.88. The van der Waals surface area contributed by atoms with Crippen LogP contribution in [-0.4, -0.2) is 33.9 Å². The van der Waals surface area contributed by atoms with Crippen LogP contribution in [0.15, 0.2) is 34.9 Å². The van der Waals surface area contributed by atoms with Gasteiger partial charge in [-0.2, -0.15) is 4.98 Å². The van der Waals surface area contributed by atoms with Crippen molar-refractivity contribution >= 4 is 11.9 Å². The molecule has 1 aromatic heterocycles. The van der Waals surface area contributed by atoms with E-state index in [2.05, 4.69) is 15.5 Å². The number of cyclic esters (lactones) is 1. The maximum absolute atomic E-state index is 13.4. The smallest absolute Gasteiger partial charge is 0.338 e. The van der Waals surface area contributed by atoms with Crippen LogP contribution in [-0.2, 0) is 19.1 Å². The summed E-state index contributed by atoms with van der Waals surface area (Å²) < 4.78 is 16.6. The summed E-state index contributed by atoms with van der Waals surface area (Å²) in [5.41, 5.74) is 0.401. The molecule has 3 atom stereocenters. The van der Waals surface area contributed by atoms with Gasteiger partial charge < -0.3 is 19.3 Å². The quantitative estimate of drug-likeness (QED) is 0.637. The van der Waals surface area contributed by atoms with Crippen LogP contribution < -0.4 is 5.32 Å². The molecule has 0 bridgehead atoms. The lowest BCUT2D eigenvalue weighted by atomic mass is 9.85. The normalized spacial score (nSPS) is 20.1. The van der Waals surface area contributed by atoms with E-state index in [9.17, 15) is 9.59 Å². The van der Waals surface area contributed by atoms with Crippen molar-refractivity contribution in [3.8, 4) is 11.4 Å². The largest absolute Gasteiger partial charge is 0.432 e. The minimum Gasteiger partial charge on any atom is -0.432 e. The van der Waals surface area contributed by atoms with E-state index in [1.807, 2.05) is 65.0 Å². The van der Waals surface area contributed by atoms with Gasteiger partial charge in [0.25, 0.3) is 0 Å². The molecule has 0 aliphatic carbocycles. The van der Waals surface area contributed by atoms with E-state index in [-0.39, 0.29) is 11.8 Å². The molecule has 8 heteroatoms. The molecule has 3 rings (SSSR count). The topological polar surface area (TPSA) is 104 Å².